The Morgan fingerprint density at radius 3 is 2.66 bits per heavy atom. The zero-order chi connectivity index (χ0) is 28.9. The second kappa shape index (κ2) is 12.1. The summed E-state index contributed by atoms with van der Waals surface area (Å²) in [5, 5.41) is 14.9. The number of aromatic nitrogens is 1. The van der Waals surface area contributed by atoms with E-state index in [1.54, 1.807) is 30.2 Å². The van der Waals surface area contributed by atoms with Crippen LogP contribution in [0, 0.1) is 10.1 Å². The van der Waals surface area contributed by atoms with Crippen LogP contribution in [-0.2, 0) is 16.0 Å². The largest absolute Gasteiger partial charge is 0.497 e. The Hall–Kier alpha value is -4.84. The maximum atomic E-state index is 13.6. The van der Waals surface area contributed by atoms with Gasteiger partial charge in [-0.05, 0) is 42.3 Å². The quantitative estimate of drug-likeness (QED) is 0.194. The molecule has 4 aromatic rings. The molecule has 0 saturated carbocycles. The number of hydrogen-bond donors (Lipinski definition) is 2. The average molecular weight is 574 g/mol. The molecule has 1 atom stereocenters. The van der Waals surface area contributed by atoms with Gasteiger partial charge in [-0.15, -0.1) is 0 Å². The average Bonchev–Trinajstić information content (AvgIpc) is 3.52. The Labute approximate surface area is 239 Å². The van der Waals surface area contributed by atoms with Gasteiger partial charge >= 0.3 is 0 Å². The number of carbonyl (C=O) groups is 2. The number of hydrogen-bond acceptors (Lipinski definition) is 8. The van der Waals surface area contributed by atoms with Crippen LogP contribution in [0.1, 0.15) is 12.0 Å². The summed E-state index contributed by atoms with van der Waals surface area (Å²) >= 11 is 1.19. The first kappa shape index (κ1) is 27.7. The molecule has 2 heterocycles. The van der Waals surface area contributed by atoms with Gasteiger partial charge in [0.05, 0.1) is 30.9 Å². The molecular weight excluding hydrogens is 546 g/mol. The van der Waals surface area contributed by atoms with Crippen LogP contribution in [0.4, 0.5) is 17.1 Å². The fourth-order valence-corrected chi connectivity index (χ4v) is 5.74. The van der Waals surface area contributed by atoms with E-state index in [4.69, 9.17) is 14.5 Å². The maximum absolute atomic E-state index is 13.6. The van der Waals surface area contributed by atoms with Crippen molar-refractivity contribution in [3.8, 4) is 11.5 Å². The number of nitrogens with one attached hydrogen (secondary N) is 2. The third-order valence-corrected chi connectivity index (χ3v) is 7.80. The summed E-state index contributed by atoms with van der Waals surface area (Å²) < 4.78 is 10.4. The van der Waals surface area contributed by atoms with Crippen molar-refractivity contribution in [2.75, 3.05) is 26.1 Å². The molecule has 0 spiro atoms. The summed E-state index contributed by atoms with van der Waals surface area (Å²) in [6, 6.07) is 19.3. The van der Waals surface area contributed by atoms with Crippen molar-refractivity contribution in [2.24, 2.45) is 4.99 Å². The maximum Gasteiger partial charge on any atom is 0.296 e. The van der Waals surface area contributed by atoms with Crippen LogP contribution in [-0.4, -0.2) is 57.8 Å². The number of thioether (sulfide) groups is 1. The highest BCUT2D eigenvalue weighted by molar-refractivity contribution is 8.15. The fourth-order valence-electron chi connectivity index (χ4n) is 4.56. The van der Waals surface area contributed by atoms with Crippen molar-refractivity contribution >= 4 is 56.7 Å². The summed E-state index contributed by atoms with van der Waals surface area (Å²) in [5.41, 5.74) is 2.40. The molecule has 0 radical (unpaired) electrons. The second-order valence-corrected chi connectivity index (χ2v) is 10.4. The molecule has 2 N–H and O–H groups in total. The minimum Gasteiger partial charge on any atom is -0.497 e. The molecule has 2 amide bonds. The number of aromatic amines is 1. The normalized spacial score (nSPS) is 15.9. The van der Waals surface area contributed by atoms with Gasteiger partial charge in [0.15, 0.2) is 5.17 Å². The van der Waals surface area contributed by atoms with Gasteiger partial charge in [-0.25, -0.2) is 4.99 Å². The van der Waals surface area contributed by atoms with Crippen LogP contribution in [0.5, 0.6) is 11.5 Å². The highest BCUT2D eigenvalue weighted by Crippen LogP contribution is 2.34. The van der Waals surface area contributed by atoms with E-state index in [-0.39, 0.29) is 23.7 Å². The van der Waals surface area contributed by atoms with E-state index in [0.29, 0.717) is 35.3 Å². The Kier molecular flexibility index (Phi) is 8.20. The van der Waals surface area contributed by atoms with Crippen LogP contribution in [0.15, 0.2) is 77.9 Å². The van der Waals surface area contributed by atoms with E-state index in [2.05, 4.69) is 10.3 Å². The van der Waals surface area contributed by atoms with Gasteiger partial charge in [-0.2, -0.15) is 0 Å². The number of carbonyl (C=O) groups excluding carboxylic acids is 2. The topological polar surface area (TPSA) is 139 Å². The fraction of sp³-hybridized carbons (Fsp3) is 0.207. The number of para-hydroxylation sites is 1. The smallest absolute Gasteiger partial charge is 0.296 e. The van der Waals surface area contributed by atoms with Crippen LogP contribution in [0.25, 0.3) is 10.9 Å². The molecule has 3 aromatic carbocycles. The summed E-state index contributed by atoms with van der Waals surface area (Å²) in [6.07, 6.45) is 2.32. The molecule has 1 aliphatic heterocycles. The van der Waals surface area contributed by atoms with Gasteiger partial charge in [0, 0.05) is 36.1 Å². The molecule has 210 valence electrons. The van der Waals surface area contributed by atoms with Crippen molar-refractivity contribution < 1.29 is 24.0 Å². The lowest BCUT2D eigenvalue weighted by Gasteiger charge is -2.16. The number of amidine groups is 1. The number of rotatable bonds is 10. The number of nitro groups is 1. The Morgan fingerprint density at radius 2 is 1.88 bits per heavy atom. The summed E-state index contributed by atoms with van der Waals surface area (Å²) in [5.74, 6) is 0.142. The van der Waals surface area contributed by atoms with Gasteiger partial charge in [0.2, 0.25) is 11.8 Å². The van der Waals surface area contributed by atoms with Gasteiger partial charge in [0.1, 0.15) is 22.4 Å². The molecule has 0 bridgehead atoms. The van der Waals surface area contributed by atoms with Crippen LogP contribution < -0.4 is 14.8 Å². The summed E-state index contributed by atoms with van der Waals surface area (Å²) in [6.45, 7) is 0.360. The number of benzene rings is 3. The van der Waals surface area contributed by atoms with Gasteiger partial charge in [-0.3, -0.25) is 24.6 Å². The van der Waals surface area contributed by atoms with Crippen LogP contribution in [0.3, 0.4) is 0 Å². The number of anilines is 1. The van der Waals surface area contributed by atoms with Crippen molar-refractivity contribution in [3.05, 3.63) is 88.6 Å². The summed E-state index contributed by atoms with van der Waals surface area (Å²) in [4.78, 5) is 47.1. The van der Waals surface area contributed by atoms with Gasteiger partial charge in [-0.1, -0.05) is 36.0 Å². The third kappa shape index (κ3) is 6.17. The predicted octanol–water partition coefficient (Wildman–Crippen LogP) is 5.30. The van der Waals surface area contributed by atoms with Crippen molar-refractivity contribution in [1.82, 2.24) is 9.88 Å². The first-order valence-electron chi connectivity index (χ1n) is 12.7. The Bertz CT molecular complexity index is 1650. The van der Waals surface area contributed by atoms with E-state index in [1.807, 2.05) is 36.5 Å². The third-order valence-electron chi connectivity index (χ3n) is 6.62. The zero-order valence-corrected chi connectivity index (χ0v) is 23.1. The van der Waals surface area contributed by atoms with E-state index < -0.39 is 16.1 Å². The number of nitrogens with zero attached hydrogens (tertiary/aromatic N) is 3. The molecule has 1 aliphatic rings. The van der Waals surface area contributed by atoms with Crippen molar-refractivity contribution in [2.45, 2.75) is 18.1 Å². The standard InChI is InChI=1S/C29H27N5O6S/c1-39-20-7-5-6-19(14-20)31-29-33(13-12-18-17-30-23-9-4-3-8-22(18)23)28(36)26(41-29)16-27(35)32-24-11-10-21(40-2)15-25(24)34(37)38/h3-11,14-15,17,26,30H,12-13,16H2,1-2H3,(H,32,35)/t26-/m0/s1. The SMILES string of the molecule is COc1cccc(N=C2S[C@@H](CC(=O)Nc3ccc(OC)cc3[N+](=O)[O-])C(=O)N2CCc2c[nH]c3ccccc23)c1. The predicted molar refractivity (Wildman–Crippen MR) is 158 cm³/mol. The highest BCUT2D eigenvalue weighted by Gasteiger charge is 2.39. The minimum atomic E-state index is -0.750. The number of aliphatic imine (C=N–C) groups is 1. The minimum absolute atomic E-state index is 0.0257. The first-order valence-corrected chi connectivity index (χ1v) is 13.6. The number of fused-ring (bicyclic) bond motifs is 1. The molecule has 12 heteroatoms. The van der Waals surface area contributed by atoms with E-state index in [0.717, 1.165) is 16.5 Å². The molecule has 1 aromatic heterocycles. The molecule has 1 fully saturated rings. The highest BCUT2D eigenvalue weighted by atomic mass is 32.2. The van der Waals surface area contributed by atoms with E-state index in [1.165, 1.54) is 37.1 Å². The Balaban J connectivity index is 1.37. The number of nitro benzene ring substituents is 1. The van der Waals surface area contributed by atoms with Gasteiger partial charge in [0.25, 0.3) is 5.69 Å². The lowest BCUT2D eigenvalue weighted by Crippen LogP contribution is -2.35. The number of H-pyrrole nitrogens is 1. The van der Waals surface area contributed by atoms with Crippen LogP contribution >= 0.6 is 11.8 Å². The monoisotopic (exact) mass is 573 g/mol. The van der Waals surface area contributed by atoms with Crippen LogP contribution in [0.2, 0.25) is 0 Å². The second-order valence-electron chi connectivity index (χ2n) is 9.19. The molecule has 0 aliphatic carbocycles. The molecular formula is C29H27N5O6S. The lowest BCUT2D eigenvalue weighted by atomic mass is 10.1. The van der Waals surface area contributed by atoms with Gasteiger partial charge < -0.3 is 19.8 Å². The van der Waals surface area contributed by atoms with E-state index >= 15 is 0 Å². The number of methoxy groups -OCH3 is 2. The molecule has 5 rings (SSSR count). The van der Waals surface area contributed by atoms with E-state index in [9.17, 15) is 19.7 Å². The van der Waals surface area contributed by atoms with Crippen molar-refractivity contribution in [1.29, 1.82) is 0 Å². The molecule has 1 saturated heterocycles. The molecule has 41 heavy (non-hydrogen) atoms. The first-order chi connectivity index (χ1) is 19.9. The zero-order valence-electron chi connectivity index (χ0n) is 22.3. The summed E-state index contributed by atoms with van der Waals surface area (Å²) in [7, 11) is 2.96. The number of ether oxygens (including phenoxy) is 2. The number of amides is 2. The molecule has 0 unspecified atom stereocenters. The van der Waals surface area contributed by atoms with Crippen molar-refractivity contribution in [3.63, 3.8) is 0 Å². The lowest BCUT2D eigenvalue weighted by molar-refractivity contribution is -0.384. The Morgan fingerprint density at radius 1 is 1.10 bits per heavy atom. The molecule has 11 nitrogen and oxygen atoms in total.